The van der Waals surface area contributed by atoms with Crippen molar-refractivity contribution >= 4 is 0 Å². The van der Waals surface area contributed by atoms with Crippen molar-refractivity contribution in [1.29, 1.82) is 0 Å². The Morgan fingerprint density at radius 2 is 2.05 bits per heavy atom. The molecule has 1 nitrogen and oxygen atoms in total. The molecule has 2 atom stereocenters. The van der Waals surface area contributed by atoms with Crippen LogP contribution in [0, 0.1) is 23.0 Å². The number of hydrogen-bond donors (Lipinski definition) is 1. The summed E-state index contributed by atoms with van der Waals surface area (Å²) in [6, 6.07) is 4.03. The fourth-order valence-corrected chi connectivity index (χ4v) is 3.17. The van der Waals surface area contributed by atoms with Crippen LogP contribution in [0.4, 0.5) is 8.78 Å². The summed E-state index contributed by atoms with van der Waals surface area (Å²) in [4.78, 5) is 0. The third-order valence-corrected chi connectivity index (χ3v) is 4.26. The van der Waals surface area contributed by atoms with Gasteiger partial charge < -0.3 is 5.32 Å². The summed E-state index contributed by atoms with van der Waals surface area (Å²) in [5.41, 5.74) is 0.818. The van der Waals surface area contributed by atoms with Crippen molar-refractivity contribution in [1.82, 2.24) is 5.32 Å². The summed E-state index contributed by atoms with van der Waals surface area (Å²) in [5, 5.41) is 3.39. The molecule has 0 radical (unpaired) electrons. The molecule has 1 aromatic rings. The van der Waals surface area contributed by atoms with Crippen LogP contribution in [0.25, 0.3) is 0 Å². The molecule has 0 spiro atoms. The third kappa shape index (κ3) is 3.75. The van der Waals surface area contributed by atoms with E-state index in [4.69, 9.17) is 0 Å². The molecule has 1 fully saturated rings. The molecule has 0 aromatic heterocycles. The molecule has 1 aliphatic carbocycles. The number of nitrogens with one attached hydrogen (secondary N) is 1. The molecular weight excluding hydrogens is 244 g/mol. The van der Waals surface area contributed by atoms with Gasteiger partial charge >= 0.3 is 0 Å². The van der Waals surface area contributed by atoms with Crippen molar-refractivity contribution in [2.24, 2.45) is 11.3 Å². The normalized spacial score (nSPS) is 26.4. The highest BCUT2D eigenvalue weighted by Crippen LogP contribution is 2.38. The molecule has 19 heavy (non-hydrogen) atoms. The largest absolute Gasteiger partial charge is 0.310 e. The lowest BCUT2D eigenvalue weighted by molar-refractivity contribution is 0.148. The van der Waals surface area contributed by atoms with Gasteiger partial charge in [0.25, 0.3) is 0 Å². The maximum atomic E-state index is 13.5. The molecule has 0 saturated heterocycles. The molecule has 1 aromatic carbocycles. The van der Waals surface area contributed by atoms with Crippen LogP contribution in [0.1, 0.15) is 45.6 Å². The molecule has 3 heteroatoms. The van der Waals surface area contributed by atoms with Crippen LogP contribution in [0.3, 0.4) is 0 Å². The van der Waals surface area contributed by atoms with E-state index in [9.17, 15) is 8.78 Å². The highest BCUT2D eigenvalue weighted by atomic mass is 19.1. The van der Waals surface area contributed by atoms with Gasteiger partial charge in [-0.05, 0) is 48.8 Å². The van der Waals surface area contributed by atoms with Gasteiger partial charge in [0.15, 0.2) is 0 Å². The van der Waals surface area contributed by atoms with Gasteiger partial charge in [-0.25, -0.2) is 8.78 Å². The van der Waals surface area contributed by atoms with Crippen LogP contribution in [0.5, 0.6) is 0 Å². The van der Waals surface area contributed by atoms with E-state index in [0.29, 0.717) is 29.5 Å². The van der Waals surface area contributed by atoms with E-state index in [0.717, 1.165) is 12.5 Å². The molecule has 1 N–H and O–H groups in total. The van der Waals surface area contributed by atoms with Gasteiger partial charge in [-0.15, -0.1) is 0 Å². The molecule has 0 heterocycles. The number of hydrogen-bond acceptors (Lipinski definition) is 1. The second-order valence-corrected chi connectivity index (χ2v) is 6.61. The maximum Gasteiger partial charge on any atom is 0.127 e. The minimum absolute atomic E-state index is 0.335. The highest BCUT2D eigenvalue weighted by Gasteiger charge is 2.31. The molecule has 0 aliphatic heterocycles. The van der Waals surface area contributed by atoms with Crippen molar-refractivity contribution in [2.45, 2.75) is 52.6 Å². The van der Waals surface area contributed by atoms with Gasteiger partial charge in [0.05, 0.1) is 0 Å². The zero-order valence-electron chi connectivity index (χ0n) is 12.0. The lowest BCUT2D eigenvalue weighted by atomic mass is 9.70. The van der Waals surface area contributed by atoms with Crippen molar-refractivity contribution in [3.63, 3.8) is 0 Å². The zero-order valence-corrected chi connectivity index (χ0v) is 12.0. The fourth-order valence-electron chi connectivity index (χ4n) is 3.17. The summed E-state index contributed by atoms with van der Waals surface area (Å²) in [5.74, 6) is -0.144. The predicted octanol–water partition coefficient (Wildman–Crippen LogP) is 4.27. The molecule has 1 saturated carbocycles. The van der Waals surface area contributed by atoms with E-state index in [1.807, 2.05) is 0 Å². The number of halogens is 2. The zero-order chi connectivity index (χ0) is 14.0. The van der Waals surface area contributed by atoms with Crippen molar-refractivity contribution in [2.75, 3.05) is 0 Å². The van der Waals surface area contributed by atoms with Crippen LogP contribution in [0.15, 0.2) is 18.2 Å². The summed E-state index contributed by atoms with van der Waals surface area (Å²) in [6.07, 6.45) is 3.46. The third-order valence-electron chi connectivity index (χ3n) is 4.26. The quantitative estimate of drug-likeness (QED) is 0.862. The number of rotatable bonds is 3. The summed E-state index contributed by atoms with van der Waals surface area (Å²) in [6.45, 7) is 7.23. The average molecular weight is 267 g/mol. The Morgan fingerprint density at radius 3 is 2.74 bits per heavy atom. The van der Waals surface area contributed by atoms with Crippen molar-refractivity contribution in [3.05, 3.63) is 35.4 Å². The average Bonchev–Trinajstić information content (AvgIpc) is 2.31. The lowest BCUT2D eigenvalue weighted by Gasteiger charge is -2.39. The topological polar surface area (TPSA) is 12.0 Å². The van der Waals surface area contributed by atoms with Crippen molar-refractivity contribution < 1.29 is 8.78 Å². The molecule has 2 rings (SSSR count). The Labute approximate surface area is 114 Å². The Balaban J connectivity index is 1.94. The van der Waals surface area contributed by atoms with E-state index < -0.39 is 0 Å². The first-order valence-electron chi connectivity index (χ1n) is 7.05. The van der Waals surface area contributed by atoms with Gasteiger partial charge in [-0.2, -0.15) is 0 Å². The smallest absolute Gasteiger partial charge is 0.127 e. The van der Waals surface area contributed by atoms with Crippen LogP contribution in [-0.2, 0) is 6.54 Å². The van der Waals surface area contributed by atoms with Gasteiger partial charge in [0.2, 0.25) is 0 Å². The van der Waals surface area contributed by atoms with E-state index in [1.165, 1.54) is 25.0 Å². The molecule has 0 bridgehead atoms. The SMILES string of the molecule is CC1CC(C)(C)CCC1NCc1cc(F)ccc1F. The van der Waals surface area contributed by atoms with E-state index in [2.05, 4.69) is 26.1 Å². The van der Waals surface area contributed by atoms with E-state index in [-0.39, 0.29) is 11.6 Å². The Kier molecular flexibility index (Phi) is 4.24. The molecule has 106 valence electrons. The summed E-state index contributed by atoms with van der Waals surface area (Å²) < 4.78 is 26.6. The Bertz CT molecular complexity index is 442. The monoisotopic (exact) mass is 267 g/mol. The van der Waals surface area contributed by atoms with Crippen LogP contribution in [0.2, 0.25) is 0 Å². The minimum atomic E-state index is -0.379. The first kappa shape index (κ1) is 14.4. The minimum Gasteiger partial charge on any atom is -0.310 e. The maximum absolute atomic E-state index is 13.5. The molecular formula is C16H23F2N. The second kappa shape index (κ2) is 5.58. The molecule has 2 unspecified atom stereocenters. The predicted molar refractivity (Wildman–Crippen MR) is 73.8 cm³/mol. The van der Waals surface area contributed by atoms with E-state index in [1.54, 1.807) is 0 Å². The summed E-state index contributed by atoms with van der Waals surface area (Å²) >= 11 is 0. The lowest BCUT2D eigenvalue weighted by Crippen LogP contribution is -2.41. The first-order chi connectivity index (χ1) is 8.87. The Morgan fingerprint density at radius 1 is 1.32 bits per heavy atom. The molecule has 1 aliphatic rings. The first-order valence-corrected chi connectivity index (χ1v) is 7.05. The van der Waals surface area contributed by atoms with Crippen LogP contribution < -0.4 is 5.32 Å². The standard InChI is InChI=1S/C16H23F2N/c1-11-9-16(2,3)7-6-15(11)19-10-12-8-13(17)4-5-14(12)18/h4-5,8,11,15,19H,6-7,9-10H2,1-3H3. The number of benzene rings is 1. The van der Waals surface area contributed by atoms with Crippen LogP contribution in [-0.4, -0.2) is 6.04 Å². The van der Waals surface area contributed by atoms with Gasteiger partial charge in [-0.3, -0.25) is 0 Å². The van der Waals surface area contributed by atoms with Gasteiger partial charge in [0.1, 0.15) is 11.6 Å². The van der Waals surface area contributed by atoms with Crippen molar-refractivity contribution in [3.8, 4) is 0 Å². The Hall–Kier alpha value is -0.960. The summed E-state index contributed by atoms with van der Waals surface area (Å²) in [7, 11) is 0. The van der Waals surface area contributed by atoms with Gasteiger partial charge in [0, 0.05) is 18.2 Å². The van der Waals surface area contributed by atoms with E-state index >= 15 is 0 Å². The van der Waals surface area contributed by atoms with Crippen LogP contribution >= 0.6 is 0 Å². The highest BCUT2D eigenvalue weighted by molar-refractivity contribution is 5.18. The molecule has 0 amide bonds. The van der Waals surface area contributed by atoms with Gasteiger partial charge in [-0.1, -0.05) is 20.8 Å². The fraction of sp³-hybridized carbons (Fsp3) is 0.625. The second-order valence-electron chi connectivity index (χ2n) is 6.61.